The molecule has 2 rings (SSSR count). The van der Waals surface area contributed by atoms with Crippen molar-refractivity contribution in [2.24, 2.45) is 0 Å². The second-order valence-corrected chi connectivity index (χ2v) is 5.18. The smallest absolute Gasteiger partial charge is 0.265 e. The third-order valence-electron chi connectivity index (χ3n) is 2.20. The Kier molecular flexibility index (Phi) is 2.88. The van der Waals surface area contributed by atoms with Crippen molar-refractivity contribution >= 4 is 39.8 Å². The number of rotatable bonds is 1. The monoisotopic (exact) mass is 307 g/mol. The molecule has 0 saturated carbocycles. The van der Waals surface area contributed by atoms with E-state index >= 15 is 0 Å². The quantitative estimate of drug-likeness (QED) is 0.730. The average Bonchev–Trinajstić information content (AvgIpc) is 2.72. The van der Waals surface area contributed by atoms with Gasteiger partial charge in [-0.1, -0.05) is 0 Å². The number of thiophene rings is 1. The highest BCUT2D eigenvalue weighted by atomic mass is 127. The molecule has 1 amide bonds. The standard InChI is InChI=1S/C9H10INOS/c10-7-3-6-13-8(7)9(12)11-4-1-2-5-11/h3,6H,1-2,4-5H2. The molecule has 1 aromatic rings. The zero-order valence-corrected chi connectivity index (χ0v) is 10.1. The number of nitrogens with zero attached hydrogens (tertiary/aromatic N) is 1. The van der Waals surface area contributed by atoms with Gasteiger partial charge in [0.25, 0.3) is 5.91 Å². The number of amides is 1. The number of hydrogen-bond acceptors (Lipinski definition) is 2. The van der Waals surface area contributed by atoms with Gasteiger partial charge in [-0.3, -0.25) is 4.79 Å². The Morgan fingerprint density at radius 1 is 1.46 bits per heavy atom. The van der Waals surface area contributed by atoms with Gasteiger partial charge in [-0.05, 0) is 46.9 Å². The molecule has 4 heteroatoms. The summed E-state index contributed by atoms with van der Waals surface area (Å²) in [5, 5.41) is 1.98. The first kappa shape index (κ1) is 9.45. The normalized spacial score (nSPS) is 16.5. The van der Waals surface area contributed by atoms with Gasteiger partial charge in [0.1, 0.15) is 4.88 Å². The first-order chi connectivity index (χ1) is 6.29. The van der Waals surface area contributed by atoms with Crippen molar-refractivity contribution in [3.63, 3.8) is 0 Å². The predicted octanol–water partition coefficient (Wildman–Crippen LogP) is 2.59. The molecule has 2 nitrogen and oxygen atoms in total. The summed E-state index contributed by atoms with van der Waals surface area (Å²) in [6, 6.07) is 1.99. The Balaban J connectivity index is 2.17. The number of likely N-dealkylation sites (tertiary alicyclic amines) is 1. The minimum Gasteiger partial charge on any atom is -0.338 e. The molecular formula is C9H10INOS. The van der Waals surface area contributed by atoms with E-state index in [0.29, 0.717) is 0 Å². The van der Waals surface area contributed by atoms with Gasteiger partial charge < -0.3 is 4.90 Å². The fraction of sp³-hybridized carbons (Fsp3) is 0.444. The predicted molar refractivity (Wildman–Crippen MR) is 62.2 cm³/mol. The van der Waals surface area contributed by atoms with E-state index in [1.807, 2.05) is 16.3 Å². The SMILES string of the molecule is O=C(c1sccc1I)N1CCCC1. The highest BCUT2D eigenvalue weighted by molar-refractivity contribution is 14.1. The van der Waals surface area contributed by atoms with Crippen LogP contribution in [0.3, 0.4) is 0 Å². The second-order valence-electron chi connectivity index (χ2n) is 3.10. The molecule has 1 aliphatic rings. The third-order valence-corrected chi connectivity index (χ3v) is 4.37. The Bertz CT molecular complexity index is 317. The molecule has 1 saturated heterocycles. The average molecular weight is 307 g/mol. The van der Waals surface area contributed by atoms with Gasteiger partial charge in [0.2, 0.25) is 0 Å². The molecule has 13 heavy (non-hydrogen) atoms. The molecule has 0 radical (unpaired) electrons. The summed E-state index contributed by atoms with van der Waals surface area (Å²) in [4.78, 5) is 14.7. The van der Waals surface area contributed by atoms with Gasteiger partial charge in [-0.25, -0.2) is 0 Å². The molecule has 0 atom stereocenters. The van der Waals surface area contributed by atoms with Crippen molar-refractivity contribution < 1.29 is 4.79 Å². The van der Waals surface area contributed by atoms with E-state index in [4.69, 9.17) is 0 Å². The molecule has 0 spiro atoms. The molecular weight excluding hydrogens is 297 g/mol. The largest absolute Gasteiger partial charge is 0.338 e. The summed E-state index contributed by atoms with van der Waals surface area (Å²) < 4.78 is 1.08. The summed E-state index contributed by atoms with van der Waals surface area (Å²) >= 11 is 3.77. The van der Waals surface area contributed by atoms with Crippen LogP contribution in [0.25, 0.3) is 0 Å². The minimum atomic E-state index is 0.219. The Morgan fingerprint density at radius 3 is 2.69 bits per heavy atom. The fourth-order valence-corrected chi connectivity index (χ4v) is 3.30. The maximum Gasteiger partial charge on any atom is 0.265 e. The van der Waals surface area contributed by atoms with Crippen molar-refractivity contribution in [2.75, 3.05) is 13.1 Å². The lowest BCUT2D eigenvalue weighted by Gasteiger charge is -2.13. The van der Waals surface area contributed by atoms with Crippen molar-refractivity contribution in [3.8, 4) is 0 Å². The summed E-state index contributed by atoms with van der Waals surface area (Å²) in [5.74, 6) is 0.219. The molecule has 1 aliphatic heterocycles. The maximum absolute atomic E-state index is 11.9. The molecule has 2 heterocycles. The Hall–Kier alpha value is -0.100. The van der Waals surface area contributed by atoms with Crippen molar-refractivity contribution in [3.05, 3.63) is 19.9 Å². The van der Waals surface area contributed by atoms with Crippen molar-refractivity contribution in [1.29, 1.82) is 0 Å². The summed E-state index contributed by atoms with van der Waals surface area (Å²) in [6.07, 6.45) is 2.32. The van der Waals surface area contributed by atoms with E-state index in [9.17, 15) is 4.79 Å². The van der Waals surface area contributed by atoms with E-state index in [-0.39, 0.29) is 5.91 Å². The van der Waals surface area contributed by atoms with Crippen molar-refractivity contribution in [2.45, 2.75) is 12.8 Å². The zero-order valence-electron chi connectivity index (χ0n) is 7.12. The second kappa shape index (κ2) is 3.96. The first-order valence-corrected chi connectivity index (χ1v) is 6.27. The molecule has 1 fully saturated rings. The number of carbonyl (C=O) groups excluding carboxylic acids is 1. The van der Waals surface area contributed by atoms with Crippen molar-refractivity contribution in [1.82, 2.24) is 4.90 Å². The molecule has 0 unspecified atom stereocenters. The van der Waals surface area contributed by atoms with Crippen LogP contribution in [0.1, 0.15) is 22.5 Å². The Labute approximate surface area is 95.1 Å². The number of carbonyl (C=O) groups is 1. The summed E-state index contributed by atoms with van der Waals surface area (Å²) in [7, 11) is 0. The summed E-state index contributed by atoms with van der Waals surface area (Å²) in [6.45, 7) is 1.87. The highest BCUT2D eigenvalue weighted by Gasteiger charge is 2.21. The molecule has 70 valence electrons. The van der Waals surface area contributed by atoms with Gasteiger partial charge in [0, 0.05) is 16.7 Å². The third kappa shape index (κ3) is 1.88. The Morgan fingerprint density at radius 2 is 2.15 bits per heavy atom. The van der Waals surface area contributed by atoms with E-state index in [1.54, 1.807) is 11.3 Å². The molecule has 1 aromatic heterocycles. The van der Waals surface area contributed by atoms with Crippen LogP contribution in [0.15, 0.2) is 11.4 Å². The van der Waals surface area contributed by atoms with Crippen LogP contribution in [0.5, 0.6) is 0 Å². The van der Waals surface area contributed by atoms with E-state index in [1.165, 1.54) is 0 Å². The summed E-state index contributed by atoms with van der Waals surface area (Å²) in [5.41, 5.74) is 0. The van der Waals surface area contributed by atoms with Crippen LogP contribution >= 0.6 is 33.9 Å². The van der Waals surface area contributed by atoms with Crippen LogP contribution in [-0.4, -0.2) is 23.9 Å². The number of halogens is 1. The van der Waals surface area contributed by atoms with Gasteiger partial charge >= 0.3 is 0 Å². The maximum atomic E-state index is 11.9. The lowest BCUT2D eigenvalue weighted by atomic mass is 10.4. The molecule has 0 aromatic carbocycles. The van der Waals surface area contributed by atoms with Gasteiger partial charge in [0.05, 0.1) is 0 Å². The molecule has 0 bridgehead atoms. The highest BCUT2D eigenvalue weighted by Crippen LogP contribution is 2.22. The first-order valence-electron chi connectivity index (χ1n) is 4.31. The topological polar surface area (TPSA) is 20.3 Å². The van der Waals surface area contributed by atoms with E-state index < -0.39 is 0 Å². The van der Waals surface area contributed by atoms with E-state index in [2.05, 4.69) is 22.6 Å². The lowest BCUT2D eigenvalue weighted by Crippen LogP contribution is -2.27. The van der Waals surface area contributed by atoms with Crippen LogP contribution in [0, 0.1) is 3.57 Å². The van der Waals surface area contributed by atoms with Gasteiger partial charge in [0.15, 0.2) is 0 Å². The molecule has 0 N–H and O–H groups in total. The lowest BCUT2D eigenvalue weighted by molar-refractivity contribution is 0.0796. The minimum absolute atomic E-state index is 0.219. The van der Waals surface area contributed by atoms with Crippen LogP contribution in [-0.2, 0) is 0 Å². The van der Waals surface area contributed by atoms with Crippen LogP contribution in [0.2, 0.25) is 0 Å². The number of hydrogen-bond donors (Lipinski definition) is 0. The van der Waals surface area contributed by atoms with Gasteiger partial charge in [-0.2, -0.15) is 0 Å². The van der Waals surface area contributed by atoms with Gasteiger partial charge in [-0.15, -0.1) is 11.3 Å². The van der Waals surface area contributed by atoms with E-state index in [0.717, 1.165) is 34.4 Å². The zero-order chi connectivity index (χ0) is 9.26. The van der Waals surface area contributed by atoms with Crippen LogP contribution in [0.4, 0.5) is 0 Å². The fourth-order valence-electron chi connectivity index (χ4n) is 1.51. The van der Waals surface area contributed by atoms with Crippen LogP contribution < -0.4 is 0 Å². The molecule has 0 aliphatic carbocycles.